The highest BCUT2D eigenvalue weighted by molar-refractivity contribution is 5.86. The molecule has 1 aliphatic rings. The van der Waals surface area contributed by atoms with E-state index in [0.717, 1.165) is 41.8 Å². The van der Waals surface area contributed by atoms with Crippen LogP contribution in [-0.2, 0) is 0 Å². The third-order valence-electron chi connectivity index (χ3n) is 3.67. The lowest BCUT2D eigenvalue weighted by molar-refractivity contribution is 0.479. The Bertz CT molecular complexity index is 668. The van der Waals surface area contributed by atoms with Crippen molar-refractivity contribution >= 4 is 16.6 Å². The molecule has 2 aromatic heterocycles. The molecule has 1 aliphatic heterocycles. The first-order valence-corrected chi connectivity index (χ1v) is 6.91. The highest BCUT2D eigenvalue weighted by atomic mass is 15.1. The van der Waals surface area contributed by atoms with E-state index >= 15 is 0 Å². The van der Waals surface area contributed by atoms with E-state index in [1.54, 1.807) is 6.07 Å². The number of nitrogens with zero attached hydrogens (tertiary/aromatic N) is 3. The third kappa shape index (κ3) is 2.56. The second-order valence-electron chi connectivity index (χ2n) is 5.18. The van der Waals surface area contributed by atoms with Gasteiger partial charge in [-0.05, 0) is 38.4 Å². The zero-order chi connectivity index (χ0) is 13.9. The zero-order valence-corrected chi connectivity index (χ0v) is 11.5. The number of nitriles is 1. The highest BCUT2D eigenvalue weighted by Crippen LogP contribution is 2.21. The molecule has 1 saturated heterocycles. The van der Waals surface area contributed by atoms with Gasteiger partial charge in [-0.3, -0.25) is 0 Å². The van der Waals surface area contributed by atoms with Gasteiger partial charge in [0.25, 0.3) is 0 Å². The van der Waals surface area contributed by atoms with Crippen LogP contribution in [0.15, 0.2) is 18.3 Å². The summed E-state index contributed by atoms with van der Waals surface area (Å²) in [4.78, 5) is 8.72. The van der Waals surface area contributed by atoms with Crippen LogP contribution in [0.3, 0.4) is 0 Å². The van der Waals surface area contributed by atoms with Crippen molar-refractivity contribution < 1.29 is 0 Å². The summed E-state index contributed by atoms with van der Waals surface area (Å²) in [7, 11) is 0. The summed E-state index contributed by atoms with van der Waals surface area (Å²) >= 11 is 0. The Morgan fingerprint density at radius 2 is 2.35 bits per heavy atom. The number of nitrogens with one attached hydrogen (secondary N) is 2. The minimum atomic E-state index is 0.431. The maximum absolute atomic E-state index is 8.94. The third-order valence-corrected chi connectivity index (χ3v) is 3.67. The van der Waals surface area contributed by atoms with Crippen molar-refractivity contribution in [1.29, 1.82) is 5.26 Å². The van der Waals surface area contributed by atoms with Crippen molar-refractivity contribution in [3.05, 3.63) is 29.7 Å². The standard InChI is InChI=1S/C15H17N5/c1-10-14-6-15(20-12-3-2-4-17-9-12)18-8-11(14)5-13(7-16)19-10/h5-6,8,12,17H,2-4,9H2,1H3,(H,18,20)/t12-/m0/s1. The van der Waals surface area contributed by atoms with E-state index in [-0.39, 0.29) is 0 Å². The van der Waals surface area contributed by atoms with Crippen LogP contribution in [0.25, 0.3) is 10.8 Å². The van der Waals surface area contributed by atoms with Gasteiger partial charge in [0.05, 0.1) is 0 Å². The quantitative estimate of drug-likeness (QED) is 0.870. The Kier molecular flexibility index (Phi) is 3.48. The summed E-state index contributed by atoms with van der Waals surface area (Å²) < 4.78 is 0. The molecule has 0 bridgehead atoms. The van der Waals surface area contributed by atoms with Crippen molar-refractivity contribution in [2.24, 2.45) is 0 Å². The summed E-state index contributed by atoms with van der Waals surface area (Å²) in [5, 5.41) is 17.8. The average Bonchev–Trinajstić information content (AvgIpc) is 2.48. The van der Waals surface area contributed by atoms with Crippen LogP contribution >= 0.6 is 0 Å². The van der Waals surface area contributed by atoms with Crippen LogP contribution in [0.2, 0.25) is 0 Å². The molecule has 2 N–H and O–H groups in total. The molecular formula is C15H17N5. The van der Waals surface area contributed by atoms with E-state index in [4.69, 9.17) is 5.26 Å². The molecule has 3 heterocycles. The lowest BCUT2D eigenvalue weighted by Gasteiger charge is -2.24. The van der Waals surface area contributed by atoms with E-state index < -0.39 is 0 Å². The van der Waals surface area contributed by atoms with E-state index in [2.05, 4.69) is 26.7 Å². The molecule has 3 rings (SSSR count). The molecule has 0 saturated carbocycles. The van der Waals surface area contributed by atoms with Crippen molar-refractivity contribution in [3.8, 4) is 6.07 Å². The summed E-state index contributed by atoms with van der Waals surface area (Å²) in [6.45, 7) is 4.00. The topological polar surface area (TPSA) is 73.6 Å². The molecule has 1 atom stereocenters. The molecular weight excluding hydrogens is 250 g/mol. The Balaban J connectivity index is 1.90. The highest BCUT2D eigenvalue weighted by Gasteiger charge is 2.13. The second-order valence-corrected chi connectivity index (χ2v) is 5.18. The van der Waals surface area contributed by atoms with Crippen LogP contribution in [0.4, 0.5) is 5.82 Å². The number of fused-ring (bicyclic) bond motifs is 1. The summed E-state index contributed by atoms with van der Waals surface area (Å²) in [5.41, 5.74) is 1.31. The Morgan fingerprint density at radius 1 is 1.45 bits per heavy atom. The molecule has 0 amide bonds. The monoisotopic (exact) mass is 267 g/mol. The van der Waals surface area contributed by atoms with Crippen molar-refractivity contribution in [1.82, 2.24) is 15.3 Å². The van der Waals surface area contributed by atoms with Crippen LogP contribution in [0, 0.1) is 18.3 Å². The van der Waals surface area contributed by atoms with E-state index in [9.17, 15) is 0 Å². The van der Waals surface area contributed by atoms with Gasteiger partial charge >= 0.3 is 0 Å². The normalized spacial score (nSPS) is 18.7. The number of pyridine rings is 2. The molecule has 0 radical (unpaired) electrons. The zero-order valence-electron chi connectivity index (χ0n) is 11.5. The van der Waals surface area contributed by atoms with Gasteiger partial charge in [0.2, 0.25) is 0 Å². The lowest BCUT2D eigenvalue weighted by atomic mass is 10.1. The van der Waals surface area contributed by atoms with E-state index in [1.807, 2.05) is 19.2 Å². The van der Waals surface area contributed by atoms with Gasteiger partial charge in [-0.25, -0.2) is 9.97 Å². The SMILES string of the molecule is Cc1nc(C#N)cc2cnc(N[C@H]3CCCNC3)cc12. The number of hydrogen-bond acceptors (Lipinski definition) is 5. The van der Waals surface area contributed by atoms with E-state index in [0.29, 0.717) is 11.7 Å². The predicted octanol–water partition coefficient (Wildman–Crippen LogP) is 1.97. The van der Waals surface area contributed by atoms with Gasteiger partial charge in [0.1, 0.15) is 17.6 Å². The summed E-state index contributed by atoms with van der Waals surface area (Å²) in [6, 6.07) is 6.31. The van der Waals surface area contributed by atoms with Gasteiger partial charge < -0.3 is 10.6 Å². The molecule has 2 aromatic rings. The van der Waals surface area contributed by atoms with Gasteiger partial charge in [-0.15, -0.1) is 0 Å². The Morgan fingerprint density at radius 3 is 3.10 bits per heavy atom. The maximum atomic E-state index is 8.94. The minimum Gasteiger partial charge on any atom is -0.366 e. The Hall–Kier alpha value is -2.19. The van der Waals surface area contributed by atoms with E-state index in [1.165, 1.54) is 6.42 Å². The minimum absolute atomic E-state index is 0.431. The number of aromatic nitrogens is 2. The molecule has 102 valence electrons. The first-order chi connectivity index (χ1) is 9.76. The van der Waals surface area contributed by atoms with Crippen LogP contribution in [-0.4, -0.2) is 29.1 Å². The van der Waals surface area contributed by atoms with Gasteiger partial charge in [-0.1, -0.05) is 0 Å². The lowest BCUT2D eigenvalue weighted by Crippen LogP contribution is -2.38. The smallest absolute Gasteiger partial charge is 0.141 e. The Labute approximate surface area is 118 Å². The fourth-order valence-corrected chi connectivity index (χ4v) is 2.64. The largest absolute Gasteiger partial charge is 0.366 e. The molecule has 5 nitrogen and oxygen atoms in total. The number of anilines is 1. The first kappa shape index (κ1) is 12.8. The van der Waals surface area contributed by atoms with Gasteiger partial charge in [0.15, 0.2) is 0 Å². The summed E-state index contributed by atoms with van der Waals surface area (Å²) in [5.74, 6) is 0.876. The van der Waals surface area contributed by atoms with Crippen LogP contribution in [0.1, 0.15) is 24.2 Å². The van der Waals surface area contributed by atoms with Crippen molar-refractivity contribution in [2.75, 3.05) is 18.4 Å². The van der Waals surface area contributed by atoms with Crippen LogP contribution < -0.4 is 10.6 Å². The number of rotatable bonds is 2. The fraction of sp³-hybridized carbons (Fsp3) is 0.400. The molecule has 0 aliphatic carbocycles. The number of aryl methyl sites for hydroxylation is 1. The van der Waals surface area contributed by atoms with Crippen molar-refractivity contribution in [2.45, 2.75) is 25.8 Å². The maximum Gasteiger partial charge on any atom is 0.141 e. The molecule has 0 unspecified atom stereocenters. The number of hydrogen-bond donors (Lipinski definition) is 2. The first-order valence-electron chi connectivity index (χ1n) is 6.91. The molecule has 20 heavy (non-hydrogen) atoms. The summed E-state index contributed by atoms with van der Waals surface area (Å²) in [6.07, 6.45) is 4.16. The molecule has 0 spiro atoms. The second kappa shape index (κ2) is 5.43. The molecule has 5 heteroatoms. The van der Waals surface area contributed by atoms with Crippen LogP contribution in [0.5, 0.6) is 0 Å². The molecule has 1 fully saturated rings. The van der Waals surface area contributed by atoms with Gasteiger partial charge in [-0.2, -0.15) is 5.26 Å². The predicted molar refractivity (Wildman–Crippen MR) is 78.5 cm³/mol. The molecule has 0 aromatic carbocycles. The number of piperidine rings is 1. The fourth-order valence-electron chi connectivity index (χ4n) is 2.64. The van der Waals surface area contributed by atoms with Gasteiger partial charge in [0, 0.05) is 35.2 Å². The van der Waals surface area contributed by atoms with Crippen molar-refractivity contribution in [3.63, 3.8) is 0 Å². The average molecular weight is 267 g/mol.